The number of esters is 1. The Kier molecular flexibility index (Phi) is 15.9. The van der Waals surface area contributed by atoms with Crippen molar-refractivity contribution in [3.63, 3.8) is 0 Å². The SMILES string of the molecule is CCCCCc1ccc(C(=O)COC(=O)CCCSCCC2C(=O)CC(O)C2C=CC(O)Cc2cccc(COC)c2)cc1. The number of thioether (sulfide) groups is 1. The number of Topliss-reactive ketones (excluding diaryl/α,β-unsaturated/α-hetero) is 2. The number of hydrogen-bond donors (Lipinski definition) is 2. The maximum Gasteiger partial charge on any atom is 0.306 e. The smallest absolute Gasteiger partial charge is 0.306 e. The Morgan fingerprint density at radius 3 is 2.57 bits per heavy atom. The zero-order chi connectivity index (χ0) is 31.7. The van der Waals surface area contributed by atoms with Gasteiger partial charge in [0.05, 0.1) is 18.8 Å². The Labute approximate surface area is 266 Å². The topological polar surface area (TPSA) is 110 Å². The van der Waals surface area contributed by atoms with E-state index in [4.69, 9.17) is 9.47 Å². The number of carbonyl (C=O) groups is 3. The van der Waals surface area contributed by atoms with Crippen LogP contribution in [0.15, 0.2) is 60.7 Å². The van der Waals surface area contributed by atoms with E-state index in [0.29, 0.717) is 31.4 Å². The average Bonchev–Trinajstić information content (AvgIpc) is 3.28. The van der Waals surface area contributed by atoms with Gasteiger partial charge in [0.1, 0.15) is 5.78 Å². The molecule has 0 saturated heterocycles. The molecule has 0 amide bonds. The lowest BCUT2D eigenvalue weighted by molar-refractivity contribution is -0.142. The fraction of sp³-hybridized carbons (Fsp3) is 0.528. The van der Waals surface area contributed by atoms with Crippen LogP contribution in [0.1, 0.15) is 78.9 Å². The summed E-state index contributed by atoms with van der Waals surface area (Å²) in [6.45, 7) is 2.43. The maximum atomic E-state index is 12.6. The van der Waals surface area contributed by atoms with Gasteiger partial charge in [-0.3, -0.25) is 14.4 Å². The highest BCUT2D eigenvalue weighted by Crippen LogP contribution is 2.34. The minimum atomic E-state index is -0.743. The number of aliphatic hydroxyl groups excluding tert-OH is 2. The van der Waals surface area contributed by atoms with Gasteiger partial charge in [0, 0.05) is 43.8 Å². The van der Waals surface area contributed by atoms with Crippen molar-refractivity contribution >= 4 is 29.3 Å². The lowest BCUT2D eigenvalue weighted by atomic mass is 9.91. The fourth-order valence-electron chi connectivity index (χ4n) is 5.54. The molecule has 1 fully saturated rings. The number of aliphatic hydroxyl groups is 2. The molecule has 2 N–H and O–H groups in total. The van der Waals surface area contributed by atoms with E-state index in [2.05, 4.69) is 6.92 Å². The Morgan fingerprint density at radius 2 is 1.82 bits per heavy atom. The molecule has 240 valence electrons. The molecule has 0 aliphatic heterocycles. The minimum Gasteiger partial charge on any atom is -0.457 e. The van der Waals surface area contributed by atoms with Crippen LogP contribution in [-0.2, 0) is 38.5 Å². The molecule has 44 heavy (non-hydrogen) atoms. The molecule has 0 aromatic heterocycles. The van der Waals surface area contributed by atoms with Crippen molar-refractivity contribution in [3.05, 3.63) is 82.9 Å². The summed E-state index contributed by atoms with van der Waals surface area (Å²) in [5, 5.41) is 21.1. The molecular weight excluding hydrogens is 576 g/mol. The zero-order valence-corrected chi connectivity index (χ0v) is 26.9. The van der Waals surface area contributed by atoms with Crippen LogP contribution in [0.3, 0.4) is 0 Å². The number of ketones is 2. The molecule has 1 aliphatic carbocycles. The Morgan fingerprint density at radius 1 is 1.05 bits per heavy atom. The Balaban J connectivity index is 1.32. The normalized spacial score (nSPS) is 19.0. The van der Waals surface area contributed by atoms with Gasteiger partial charge < -0.3 is 19.7 Å². The number of aryl methyl sites for hydroxylation is 1. The Hall–Kier alpha value is -2.78. The average molecular weight is 625 g/mol. The van der Waals surface area contributed by atoms with E-state index in [1.54, 1.807) is 43.2 Å². The summed E-state index contributed by atoms with van der Waals surface area (Å²) < 4.78 is 10.4. The van der Waals surface area contributed by atoms with Gasteiger partial charge in [-0.15, -0.1) is 0 Å². The summed E-state index contributed by atoms with van der Waals surface area (Å²) in [6.07, 6.45) is 8.57. The molecule has 8 heteroatoms. The van der Waals surface area contributed by atoms with Crippen LogP contribution in [0.5, 0.6) is 0 Å². The predicted molar refractivity (Wildman–Crippen MR) is 175 cm³/mol. The highest BCUT2D eigenvalue weighted by molar-refractivity contribution is 7.99. The minimum absolute atomic E-state index is 0.0499. The van der Waals surface area contributed by atoms with Gasteiger partial charge in [0.25, 0.3) is 0 Å². The lowest BCUT2D eigenvalue weighted by Gasteiger charge is -2.18. The lowest BCUT2D eigenvalue weighted by Crippen LogP contribution is -2.20. The second kappa shape index (κ2) is 19.6. The third-order valence-corrected chi connectivity index (χ3v) is 9.09. The molecule has 0 heterocycles. The van der Waals surface area contributed by atoms with Gasteiger partial charge in [-0.25, -0.2) is 0 Å². The van der Waals surface area contributed by atoms with Gasteiger partial charge in [-0.1, -0.05) is 80.4 Å². The molecular formula is C36H48O7S. The van der Waals surface area contributed by atoms with E-state index >= 15 is 0 Å². The van der Waals surface area contributed by atoms with Gasteiger partial charge >= 0.3 is 5.97 Å². The van der Waals surface area contributed by atoms with Crippen molar-refractivity contribution < 1.29 is 34.1 Å². The molecule has 1 saturated carbocycles. The van der Waals surface area contributed by atoms with Crippen LogP contribution in [0.2, 0.25) is 0 Å². The zero-order valence-electron chi connectivity index (χ0n) is 26.1. The first-order valence-corrected chi connectivity index (χ1v) is 17.0. The summed E-state index contributed by atoms with van der Waals surface area (Å²) in [5.41, 5.74) is 3.79. The van der Waals surface area contributed by atoms with Crippen LogP contribution in [0, 0.1) is 11.8 Å². The first-order valence-electron chi connectivity index (χ1n) is 15.8. The van der Waals surface area contributed by atoms with Gasteiger partial charge in [-0.2, -0.15) is 11.8 Å². The van der Waals surface area contributed by atoms with E-state index in [0.717, 1.165) is 35.5 Å². The molecule has 0 radical (unpaired) electrons. The van der Waals surface area contributed by atoms with Crippen LogP contribution in [0.25, 0.3) is 0 Å². The van der Waals surface area contributed by atoms with E-state index < -0.39 is 18.2 Å². The van der Waals surface area contributed by atoms with Crippen molar-refractivity contribution in [2.24, 2.45) is 11.8 Å². The third kappa shape index (κ3) is 12.3. The second-order valence-electron chi connectivity index (χ2n) is 11.6. The van der Waals surface area contributed by atoms with Crippen LogP contribution >= 0.6 is 11.8 Å². The summed E-state index contributed by atoms with van der Waals surface area (Å²) in [5.74, 6) is 0.308. The molecule has 4 unspecified atom stereocenters. The maximum absolute atomic E-state index is 12.6. The fourth-order valence-corrected chi connectivity index (χ4v) is 6.51. The van der Waals surface area contributed by atoms with E-state index in [1.807, 2.05) is 36.4 Å². The van der Waals surface area contributed by atoms with Crippen LogP contribution in [0.4, 0.5) is 0 Å². The largest absolute Gasteiger partial charge is 0.457 e. The molecule has 2 aromatic rings. The van der Waals surface area contributed by atoms with E-state index in [-0.39, 0.29) is 42.9 Å². The highest BCUT2D eigenvalue weighted by Gasteiger charge is 2.39. The van der Waals surface area contributed by atoms with Gasteiger partial charge in [0.15, 0.2) is 12.4 Å². The number of ether oxygens (including phenoxy) is 2. The second-order valence-corrected chi connectivity index (χ2v) is 12.8. The predicted octanol–water partition coefficient (Wildman–Crippen LogP) is 5.92. The summed E-state index contributed by atoms with van der Waals surface area (Å²) in [6, 6.07) is 15.4. The molecule has 0 spiro atoms. The quantitative estimate of drug-likeness (QED) is 0.0809. The van der Waals surface area contributed by atoms with Crippen molar-refractivity contribution in [1.29, 1.82) is 0 Å². The monoisotopic (exact) mass is 624 g/mol. The number of carbonyl (C=O) groups excluding carboxylic acids is 3. The molecule has 2 aromatic carbocycles. The molecule has 7 nitrogen and oxygen atoms in total. The van der Waals surface area contributed by atoms with Crippen LogP contribution < -0.4 is 0 Å². The van der Waals surface area contributed by atoms with Crippen molar-refractivity contribution in [1.82, 2.24) is 0 Å². The van der Waals surface area contributed by atoms with Gasteiger partial charge in [-0.05, 0) is 53.9 Å². The van der Waals surface area contributed by atoms with Crippen molar-refractivity contribution in [2.75, 3.05) is 25.2 Å². The molecule has 1 aliphatic rings. The number of rotatable bonds is 20. The van der Waals surface area contributed by atoms with E-state index in [9.17, 15) is 24.6 Å². The number of unbranched alkanes of at least 4 members (excludes halogenated alkanes) is 2. The molecule has 4 atom stereocenters. The highest BCUT2D eigenvalue weighted by atomic mass is 32.2. The van der Waals surface area contributed by atoms with Crippen molar-refractivity contribution in [2.45, 2.75) is 83.5 Å². The molecule has 0 bridgehead atoms. The van der Waals surface area contributed by atoms with E-state index in [1.165, 1.54) is 18.4 Å². The first-order chi connectivity index (χ1) is 21.3. The Bertz CT molecular complexity index is 1210. The van der Waals surface area contributed by atoms with Gasteiger partial charge in [0.2, 0.25) is 0 Å². The summed E-state index contributed by atoms with van der Waals surface area (Å²) in [4.78, 5) is 37.1. The van der Waals surface area contributed by atoms with Crippen molar-refractivity contribution in [3.8, 4) is 0 Å². The first kappa shape index (κ1) is 35.7. The standard InChI is InChI=1S/C36H48O7S/c1-3-4-5-8-26-12-14-29(15-13-26)35(40)25-43-36(41)11-7-19-44-20-18-32-31(33(38)23-34(32)39)17-16-30(37)22-27-9-6-10-28(21-27)24-42-2/h6,9-10,12-17,21,30-33,37-38H,3-5,7-8,11,18-20,22-25H2,1-2H3. The number of benzene rings is 2. The number of hydrogen-bond acceptors (Lipinski definition) is 8. The number of methoxy groups -OCH3 is 1. The summed E-state index contributed by atoms with van der Waals surface area (Å²) >= 11 is 1.66. The van der Waals surface area contributed by atoms with Crippen LogP contribution in [-0.4, -0.2) is 65.2 Å². The molecule has 3 rings (SSSR count). The summed E-state index contributed by atoms with van der Waals surface area (Å²) in [7, 11) is 1.64. The third-order valence-electron chi connectivity index (χ3n) is 7.99.